The van der Waals surface area contributed by atoms with Crippen LogP contribution in [0.25, 0.3) is 10.9 Å². The summed E-state index contributed by atoms with van der Waals surface area (Å²) in [6.07, 6.45) is 2.38. The number of aliphatic hydroxyl groups excluding tert-OH is 1. The first kappa shape index (κ1) is 27.5. The topological polar surface area (TPSA) is 86.8 Å². The molecule has 0 aliphatic carbocycles. The maximum Gasteiger partial charge on any atom is 0.209 e. The van der Waals surface area contributed by atoms with Gasteiger partial charge in [-0.2, -0.15) is 0 Å². The SMILES string of the molecule is C[C@H](Cc1c[nH]c2c(O[C@@H](C=O)N3CCO[C@@H](C)C3)cccc12)NC[C@H](O)c1cccc(Cl)c1.Cl. The largest absolute Gasteiger partial charge is 0.466 e. The van der Waals surface area contributed by atoms with E-state index < -0.39 is 12.3 Å². The van der Waals surface area contributed by atoms with Gasteiger partial charge in [-0.1, -0.05) is 35.9 Å². The van der Waals surface area contributed by atoms with Crippen LogP contribution in [0.4, 0.5) is 0 Å². The van der Waals surface area contributed by atoms with Crippen LogP contribution >= 0.6 is 24.0 Å². The van der Waals surface area contributed by atoms with Crippen molar-refractivity contribution in [2.75, 3.05) is 26.2 Å². The number of aromatic amines is 1. The first-order valence-electron chi connectivity index (χ1n) is 11.7. The minimum absolute atomic E-state index is 0. The monoisotopic (exact) mass is 521 g/mol. The first-order valence-corrected chi connectivity index (χ1v) is 12.1. The Morgan fingerprint density at radius 1 is 1.34 bits per heavy atom. The Hall–Kier alpha value is -2.13. The van der Waals surface area contributed by atoms with Gasteiger partial charge in [-0.15, -0.1) is 12.4 Å². The third kappa shape index (κ3) is 6.97. The van der Waals surface area contributed by atoms with E-state index in [2.05, 4.69) is 17.2 Å². The van der Waals surface area contributed by atoms with Gasteiger partial charge >= 0.3 is 0 Å². The Balaban J connectivity index is 0.00000342. The van der Waals surface area contributed by atoms with Crippen molar-refractivity contribution in [1.29, 1.82) is 0 Å². The smallest absolute Gasteiger partial charge is 0.209 e. The number of hydrogen-bond donors (Lipinski definition) is 3. The molecule has 3 N–H and O–H groups in total. The number of aromatic nitrogens is 1. The van der Waals surface area contributed by atoms with Crippen LogP contribution in [0.3, 0.4) is 0 Å². The lowest BCUT2D eigenvalue weighted by molar-refractivity contribution is -0.128. The Kier molecular flexibility index (Phi) is 9.98. The average Bonchev–Trinajstić information content (AvgIpc) is 3.24. The molecule has 1 fully saturated rings. The number of aldehydes is 1. The standard InChI is InChI=1S/C26H32ClN3O4.ClH/c1-17(28-14-23(32)19-5-3-6-21(27)12-19)11-20-13-29-26-22(20)7-4-8-24(26)34-25(16-31)30-9-10-33-18(2)15-30;/h3-8,12-13,16-18,23,25,28-29,32H,9-11,14-15H2,1-2H3;1H/t17-,18+,23+,25+;/m1./s1. The van der Waals surface area contributed by atoms with Crippen LogP contribution in [-0.4, -0.2) is 65.9 Å². The molecule has 0 unspecified atom stereocenters. The summed E-state index contributed by atoms with van der Waals surface area (Å²) < 4.78 is 11.7. The zero-order valence-electron chi connectivity index (χ0n) is 19.9. The molecule has 0 bridgehead atoms. The van der Waals surface area contributed by atoms with E-state index in [1.807, 2.05) is 48.4 Å². The highest BCUT2D eigenvalue weighted by atomic mass is 35.5. The number of fused-ring (bicyclic) bond motifs is 1. The van der Waals surface area contributed by atoms with E-state index in [0.29, 0.717) is 37.0 Å². The molecular weight excluding hydrogens is 489 g/mol. The minimum Gasteiger partial charge on any atom is -0.466 e. The number of carbonyl (C=O) groups excluding carboxylic acids is 1. The fraction of sp³-hybridized carbons (Fsp3) is 0.423. The van der Waals surface area contributed by atoms with Gasteiger partial charge < -0.3 is 24.9 Å². The highest BCUT2D eigenvalue weighted by molar-refractivity contribution is 6.30. The number of aliphatic hydroxyl groups is 1. The number of halogens is 2. The molecule has 0 saturated carbocycles. The molecule has 190 valence electrons. The molecule has 7 nitrogen and oxygen atoms in total. The Morgan fingerprint density at radius 3 is 2.89 bits per heavy atom. The van der Waals surface area contributed by atoms with Gasteiger partial charge in [0, 0.05) is 42.3 Å². The zero-order chi connectivity index (χ0) is 24.1. The second kappa shape index (κ2) is 12.7. The highest BCUT2D eigenvalue weighted by Gasteiger charge is 2.26. The fourth-order valence-corrected chi connectivity index (χ4v) is 4.59. The van der Waals surface area contributed by atoms with Crippen LogP contribution in [0.15, 0.2) is 48.7 Å². The maximum atomic E-state index is 11.8. The Labute approximate surface area is 217 Å². The summed E-state index contributed by atoms with van der Waals surface area (Å²) in [4.78, 5) is 17.1. The van der Waals surface area contributed by atoms with E-state index in [1.165, 1.54) is 0 Å². The average molecular weight is 522 g/mol. The van der Waals surface area contributed by atoms with Crippen molar-refractivity contribution in [3.63, 3.8) is 0 Å². The molecule has 4 atom stereocenters. The molecule has 1 aliphatic heterocycles. The first-order chi connectivity index (χ1) is 16.4. The Bertz CT molecular complexity index is 1110. The van der Waals surface area contributed by atoms with Gasteiger partial charge in [0.2, 0.25) is 6.23 Å². The van der Waals surface area contributed by atoms with E-state index in [4.69, 9.17) is 21.1 Å². The number of ether oxygens (including phenoxy) is 2. The summed E-state index contributed by atoms with van der Waals surface area (Å²) in [6, 6.07) is 13.3. The summed E-state index contributed by atoms with van der Waals surface area (Å²) in [5.74, 6) is 0.650. The van der Waals surface area contributed by atoms with Gasteiger partial charge in [0.15, 0.2) is 6.29 Å². The van der Waals surface area contributed by atoms with Gasteiger partial charge in [0.25, 0.3) is 0 Å². The number of rotatable bonds is 10. The number of benzene rings is 2. The number of nitrogens with one attached hydrogen (secondary N) is 2. The third-order valence-electron chi connectivity index (χ3n) is 6.18. The molecule has 4 rings (SSSR count). The molecule has 2 heterocycles. The van der Waals surface area contributed by atoms with Crippen molar-refractivity contribution in [2.24, 2.45) is 0 Å². The lowest BCUT2D eigenvalue weighted by atomic mass is 10.0. The number of nitrogens with zero attached hydrogens (tertiary/aromatic N) is 1. The predicted molar refractivity (Wildman–Crippen MR) is 141 cm³/mol. The molecular formula is C26H33Cl2N3O4. The second-order valence-corrected chi connectivity index (χ2v) is 9.33. The number of morpholine rings is 1. The van der Waals surface area contributed by atoms with Crippen LogP contribution in [0, 0.1) is 0 Å². The molecule has 35 heavy (non-hydrogen) atoms. The number of para-hydroxylation sites is 1. The third-order valence-corrected chi connectivity index (χ3v) is 6.41. The summed E-state index contributed by atoms with van der Waals surface area (Å²) in [6.45, 7) is 6.41. The van der Waals surface area contributed by atoms with E-state index in [1.54, 1.807) is 12.1 Å². The molecule has 1 aliphatic rings. The van der Waals surface area contributed by atoms with E-state index >= 15 is 0 Å². The highest BCUT2D eigenvalue weighted by Crippen LogP contribution is 2.29. The predicted octanol–water partition coefficient (Wildman–Crippen LogP) is 4.12. The van der Waals surface area contributed by atoms with Crippen molar-refractivity contribution >= 4 is 41.2 Å². The van der Waals surface area contributed by atoms with Gasteiger partial charge in [-0.3, -0.25) is 9.69 Å². The summed E-state index contributed by atoms with van der Waals surface area (Å²) in [5, 5.41) is 15.5. The van der Waals surface area contributed by atoms with Gasteiger partial charge in [-0.05, 0) is 49.6 Å². The normalized spacial score (nSPS) is 19.0. The van der Waals surface area contributed by atoms with Gasteiger partial charge in [0.05, 0.1) is 24.3 Å². The second-order valence-electron chi connectivity index (χ2n) is 8.90. The van der Waals surface area contributed by atoms with Gasteiger partial charge in [-0.25, -0.2) is 0 Å². The number of carbonyl (C=O) groups is 1. The quantitative estimate of drug-likeness (QED) is 0.348. The fourth-order valence-electron chi connectivity index (χ4n) is 4.39. The summed E-state index contributed by atoms with van der Waals surface area (Å²) in [7, 11) is 0. The molecule has 0 radical (unpaired) electrons. The summed E-state index contributed by atoms with van der Waals surface area (Å²) >= 11 is 6.03. The van der Waals surface area contributed by atoms with Gasteiger partial charge in [0.1, 0.15) is 5.75 Å². The lowest BCUT2D eigenvalue weighted by Crippen LogP contribution is -2.49. The molecule has 9 heteroatoms. The molecule has 0 amide bonds. The van der Waals surface area contributed by atoms with Crippen LogP contribution in [0.5, 0.6) is 5.75 Å². The van der Waals surface area contributed by atoms with Crippen molar-refractivity contribution in [1.82, 2.24) is 15.2 Å². The number of hydrogen-bond acceptors (Lipinski definition) is 6. The zero-order valence-corrected chi connectivity index (χ0v) is 21.5. The maximum absolute atomic E-state index is 11.8. The van der Waals surface area contributed by atoms with E-state index in [0.717, 1.165) is 34.7 Å². The van der Waals surface area contributed by atoms with E-state index in [-0.39, 0.29) is 24.6 Å². The number of H-pyrrole nitrogens is 1. The van der Waals surface area contributed by atoms with Crippen molar-refractivity contribution < 1.29 is 19.4 Å². The molecule has 1 aromatic heterocycles. The molecule has 2 aromatic carbocycles. The van der Waals surface area contributed by atoms with Crippen molar-refractivity contribution in [2.45, 2.75) is 44.7 Å². The molecule has 0 spiro atoms. The van der Waals surface area contributed by atoms with Crippen molar-refractivity contribution in [3.8, 4) is 5.75 Å². The van der Waals surface area contributed by atoms with E-state index in [9.17, 15) is 9.90 Å². The molecule has 1 saturated heterocycles. The van der Waals surface area contributed by atoms with Crippen LogP contribution in [0.2, 0.25) is 5.02 Å². The van der Waals surface area contributed by atoms with Crippen molar-refractivity contribution in [3.05, 3.63) is 64.8 Å². The molecule has 3 aromatic rings. The minimum atomic E-state index is -0.655. The van der Waals surface area contributed by atoms with Crippen LogP contribution in [-0.2, 0) is 16.0 Å². The lowest BCUT2D eigenvalue weighted by Gasteiger charge is -2.34. The Morgan fingerprint density at radius 2 is 2.14 bits per heavy atom. The van der Waals surface area contributed by atoms with Crippen LogP contribution < -0.4 is 10.1 Å². The van der Waals surface area contributed by atoms with Crippen LogP contribution in [0.1, 0.15) is 31.1 Å². The summed E-state index contributed by atoms with van der Waals surface area (Å²) in [5.41, 5.74) is 2.80.